The summed E-state index contributed by atoms with van der Waals surface area (Å²) >= 11 is 0. The van der Waals surface area contributed by atoms with E-state index in [1.807, 2.05) is 33.3 Å². The standard InChI is InChI=1S/C68H127N2O7P/c1-7-10-13-16-19-22-25-28-30-31-32-33-34-35-36-37-38-39-40-43-46-49-52-55-58-61-68(72)77-66(59-56-53-50-47-44-41-27-24-21-18-15-12-9-3)65(64-76-78(73,74)75-63-62-70(4,5)6)69-67(71)60-57-54-51-48-45-42-29-26-23-20-17-14-11-8-2/h19,22,28,30,32-33,42,45,56,59,65-66H,7-18,20-21,23-27,29,31,34-41,43-44,46-55,57-58,60-64H2,1-6H3,(H-,69,71,73,74)/p+1/b22-19-,30-28-,33-32-,45-42-,59-56-. The number of likely N-dealkylation sites (N-methyl/N-ethyl adjacent to an activating group) is 1. The van der Waals surface area contributed by atoms with Crippen LogP contribution in [0.2, 0.25) is 0 Å². The Morgan fingerprint density at radius 2 is 0.782 bits per heavy atom. The number of carbonyl (C=O) groups is 2. The second-order valence-corrected chi connectivity index (χ2v) is 25.1. The Morgan fingerprint density at radius 1 is 0.449 bits per heavy atom. The van der Waals surface area contributed by atoms with Crippen LogP contribution in [0.5, 0.6) is 0 Å². The van der Waals surface area contributed by atoms with Crippen LogP contribution in [0, 0.1) is 0 Å². The van der Waals surface area contributed by atoms with Crippen LogP contribution >= 0.6 is 7.82 Å². The van der Waals surface area contributed by atoms with Crippen molar-refractivity contribution in [1.29, 1.82) is 0 Å². The van der Waals surface area contributed by atoms with Crippen molar-refractivity contribution in [3.63, 3.8) is 0 Å². The number of unbranched alkanes of at least 4 members (excludes halogenated alkanes) is 36. The maximum absolute atomic E-state index is 13.5. The summed E-state index contributed by atoms with van der Waals surface area (Å²) in [7, 11) is 1.49. The molecule has 0 fully saturated rings. The molecule has 0 saturated heterocycles. The molecular weight excluding hydrogens is 988 g/mol. The molecule has 0 aromatic carbocycles. The highest BCUT2D eigenvalue weighted by Crippen LogP contribution is 2.43. The van der Waals surface area contributed by atoms with Crippen molar-refractivity contribution in [3.8, 4) is 0 Å². The molecule has 2 N–H and O–H groups in total. The van der Waals surface area contributed by atoms with E-state index in [0.717, 1.165) is 83.5 Å². The van der Waals surface area contributed by atoms with E-state index in [2.05, 4.69) is 74.7 Å². The lowest BCUT2D eigenvalue weighted by Gasteiger charge is -2.27. The third-order valence-corrected chi connectivity index (χ3v) is 15.7. The van der Waals surface area contributed by atoms with Gasteiger partial charge in [-0.15, -0.1) is 0 Å². The van der Waals surface area contributed by atoms with Crippen molar-refractivity contribution in [2.24, 2.45) is 0 Å². The molecule has 10 heteroatoms. The number of quaternary nitrogens is 1. The normalized spacial score (nSPS) is 14.0. The molecule has 456 valence electrons. The lowest BCUT2D eigenvalue weighted by atomic mass is 10.0. The lowest BCUT2D eigenvalue weighted by molar-refractivity contribution is -0.870. The molecule has 0 radical (unpaired) electrons. The summed E-state index contributed by atoms with van der Waals surface area (Å²) in [6.45, 7) is 6.99. The Balaban J connectivity index is 5.13. The molecule has 0 rings (SSSR count). The number of phosphoric ester groups is 1. The maximum atomic E-state index is 13.5. The van der Waals surface area contributed by atoms with Gasteiger partial charge in [-0.2, -0.15) is 0 Å². The largest absolute Gasteiger partial charge is 0.472 e. The number of allylic oxidation sites excluding steroid dienone is 9. The smallest absolute Gasteiger partial charge is 0.456 e. The van der Waals surface area contributed by atoms with E-state index in [1.54, 1.807) is 0 Å². The monoisotopic (exact) mass is 1120 g/mol. The molecule has 0 spiro atoms. The van der Waals surface area contributed by atoms with Gasteiger partial charge in [-0.1, -0.05) is 262 Å². The minimum absolute atomic E-state index is 0.0371. The van der Waals surface area contributed by atoms with Crippen LogP contribution in [0.4, 0.5) is 0 Å². The number of esters is 1. The van der Waals surface area contributed by atoms with Crippen molar-refractivity contribution < 1.29 is 37.3 Å². The second-order valence-electron chi connectivity index (χ2n) is 23.6. The highest BCUT2D eigenvalue weighted by Gasteiger charge is 2.30. The summed E-state index contributed by atoms with van der Waals surface area (Å²) < 4.78 is 30.7. The van der Waals surface area contributed by atoms with Crippen LogP contribution in [-0.4, -0.2) is 74.3 Å². The molecule has 0 aromatic rings. The van der Waals surface area contributed by atoms with Crippen LogP contribution < -0.4 is 5.32 Å². The minimum Gasteiger partial charge on any atom is -0.456 e. The number of hydrogen-bond acceptors (Lipinski definition) is 6. The zero-order chi connectivity index (χ0) is 57.2. The summed E-state index contributed by atoms with van der Waals surface area (Å²) in [5.41, 5.74) is 0. The molecule has 78 heavy (non-hydrogen) atoms. The van der Waals surface area contributed by atoms with E-state index in [0.29, 0.717) is 17.4 Å². The lowest BCUT2D eigenvalue weighted by Crippen LogP contribution is -2.47. The third kappa shape index (κ3) is 58.4. The highest BCUT2D eigenvalue weighted by atomic mass is 31.2. The number of nitrogens with zero attached hydrogens (tertiary/aromatic N) is 1. The summed E-state index contributed by atoms with van der Waals surface area (Å²) in [5, 5.41) is 3.05. The first-order valence-electron chi connectivity index (χ1n) is 33.1. The Bertz CT molecular complexity index is 1520. The van der Waals surface area contributed by atoms with Gasteiger partial charge in [0.25, 0.3) is 0 Å². The van der Waals surface area contributed by atoms with E-state index in [1.165, 1.54) is 193 Å². The van der Waals surface area contributed by atoms with Gasteiger partial charge in [0.1, 0.15) is 19.3 Å². The fourth-order valence-electron chi connectivity index (χ4n) is 9.53. The van der Waals surface area contributed by atoms with Crippen molar-refractivity contribution in [2.75, 3.05) is 40.9 Å². The zero-order valence-corrected chi connectivity index (χ0v) is 53.1. The summed E-state index contributed by atoms with van der Waals surface area (Å²) in [4.78, 5) is 37.8. The van der Waals surface area contributed by atoms with Crippen molar-refractivity contribution in [1.82, 2.24) is 5.32 Å². The first-order chi connectivity index (χ1) is 37.9. The number of rotatable bonds is 60. The molecule has 0 aliphatic carbocycles. The molecule has 3 atom stereocenters. The number of amides is 1. The molecule has 0 aliphatic rings. The summed E-state index contributed by atoms with van der Waals surface area (Å²) in [6, 6.07) is -0.857. The maximum Gasteiger partial charge on any atom is 0.472 e. The topological polar surface area (TPSA) is 111 Å². The van der Waals surface area contributed by atoms with Crippen molar-refractivity contribution in [2.45, 2.75) is 322 Å². The Morgan fingerprint density at radius 3 is 1.22 bits per heavy atom. The Kier molecular flexibility index (Phi) is 56.2. The first-order valence-corrected chi connectivity index (χ1v) is 34.6. The number of hydrogen-bond donors (Lipinski definition) is 2. The van der Waals surface area contributed by atoms with Gasteiger partial charge >= 0.3 is 13.8 Å². The van der Waals surface area contributed by atoms with Gasteiger partial charge < -0.3 is 19.4 Å². The van der Waals surface area contributed by atoms with E-state index in [-0.39, 0.29) is 31.5 Å². The molecule has 0 saturated carbocycles. The van der Waals surface area contributed by atoms with Gasteiger partial charge in [0, 0.05) is 12.8 Å². The average Bonchev–Trinajstić information content (AvgIpc) is 3.40. The number of nitrogens with one attached hydrogen (secondary N) is 1. The zero-order valence-electron chi connectivity index (χ0n) is 52.2. The SMILES string of the molecule is CCCCC/C=C\C/C=C\C/C=C\CCCCCCCCCCCCCCC(=O)OC(/C=C\CCCCCCCCCCCCC)C(COP(=O)(O)OCC[N+](C)(C)C)NC(=O)CCCCC/C=C\CCCCCCCCC. The predicted molar refractivity (Wildman–Crippen MR) is 337 cm³/mol. The number of ether oxygens (including phenoxy) is 1. The van der Waals surface area contributed by atoms with Crippen LogP contribution in [0.3, 0.4) is 0 Å². The first kappa shape index (κ1) is 75.7. The number of carbonyl (C=O) groups excluding carboxylic acids is 2. The molecule has 0 aromatic heterocycles. The van der Waals surface area contributed by atoms with Gasteiger partial charge in [0.05, 0.1) is 33.8 Å². The molecular formula is C68H128N2O7P+. The quantitative estimate of drug-likeness (QED) is 0.0205. The van der Waals surface area contributed by atoms with Gasteiger partial charge in [0.2, 0.25) is 5.91 Å². The van der Waals surface area contributed by atoms with Crippen LogP contribution in [-0.2, 0) is 27.9 Å². The molecule has 0 aliphatic heterocycles. The van der Waals surface area contributed by atoms with Crippen molar-refractivity contribution in [3.05, 3.63) is 60.8 Å². The van der Waals surface area contributed by atoms with E-state index in [9.17, 15) is 19.0 Å². The van der Waals surface area contributed by atoms with Crippen LogP contribution in [0.15, 0.2) is 60.8 Å². The van der Waals surface area contributed by atoms with E-state index >= 15 is 0 Å². The molecule has 3 unspecified atom stereocenters. The van der Waals surface area contributed by atoms with Gasteiger partial charge in [-0.05, 0) is 96.0 Å². The Labute approximate surface area is 483 Å². The average molecular weight is 1120 g/mol. The van der Waals surface area contributed by atoms with Gasteiger partial charge in [-0.25, -0.2) is 4.57 Å². The summed E-state index contributed by atoms with van der Waals surface area (Å²) in [6.07, 6.45) is 73.6. The fourth-order valence-corrected chi connectivity index (χ4v) is 10.3. The van der Waals surface area contributed by atoms with Crippen LogP contribution in [0.25, 0.3) is 0 Å². The Hall–Kier alpha value is -2.29. The third-order valence-electron chi connectivity index (χ3n) is 14.7. The second kappa shape index (κ2) is 57.9. The summed E-state index contributed by atoms with van der Waals surface area (Å²) in [5.74, 6) is -0.517. The minimum atomic E-state index is -4.45. The van der Waals surface area contributed by atoms with Gasteiger partial charge in [-0.3, -0.25) is 18.6 Å². The highest BCUT2D eigenvalue weighted by molar-refractivity contribution is 7.47. The fraction of sp³-hybridized carbons (Fsp3) is 0.824. The van der Waals surface area contributed by atoms with Crippen LogP contribution in [0.1, 0.15) is 310 Å². The number of phosphoric acid groups is 1. The molecule has 9 nitrogen and oxygen atoms in total. The molecule has 0 bridgehead atoms. The molecule has 1 amide bonds. The van der Waals surface area contributed by atoms with E-state index < -0.39 is 20.0 Å². The predicted octanol–water partition coefficient (Wildman–Crippen LogP) is 20.6. The molecule has 0 heterocycles. The van der Waals surface area contributed by atoms with Crippen molar-refractivity contribution >= 4 is 19.7 Å². The van der Waals surface area contributed by atoms with E-state index in [4.69, 9.17) is 13.8 Å². The van der Waals surface area contributed by atoms with Gasteiger partial charge in [0.15, 0.2) is 0 Å².